The fourth-order valence-electron chi connectivity index (χ4n) is 1.60. The summed E-state index contributed by atoms with van der Waals surface area (Å²) in [6, 6.07) is 8.27. The van der Waals surface area contributed by atoms with Gasteiger partial charge in [0.25, 0.3) is 0 Å². The van der Waals surface area contributed by atoms with Gasteiger partial charge in [-0.1, -0.05) is 31.2 Å². The third-order valence-corrected chi connectivity index (χ3v) is 2.71. The highest BCUT2D eigenvalue weighted by Gasteiger charge is 2.08. The number of hydrogen-bond acceptors (Lipinski definition) is 3. The molecule has 84 valence electrons. The molecule has 4 heteroatoms. The maximum atomic E-state index is 5.68. The molecule has 0 atom stereocenters. The zero-order valence-electron chi connectivity index (χ0n) is 9.81. The summed E-state index contributed by atoms with van der Waals surface area (Å²) in [5.74, 6) is 0.982. The van der Waals surface area contributed by atoms with Crippen molar-refractivity contribution in [3.63, 3.8) is 0 Å². The summed E-state index contributed by atoms with van der Waals surface area (Å²) in [6.45, 7) is 6.25. The second-order valence-electron chi connectivity index (χ2n) is 4.22. The van der Waals surface area contributed by atoms with Gasteiger partial charge < -0.3 is 5.73 Å². The maximum absolute atomic E-state index is 5.68. The first-order chi connectivity index (χ1) is 7.59. The van der Waals surface area contributed by atoms with Gasteiger partial charge in [0.1, 0.15) is 0 Å². The number of nitrogens with two attached hydrogens (primary N) is 1. The maximum Gasteiger partial charge on any atom is 0.169 e. The number of anilines is 1. The minimum absolute atomic E-state index is 0.481. The van der Waals surface area contributed by atoms with Gasteiger partial charge in [-0.15, -0.1) is 5.10 Å². The molecule has 0 amide bonds. The highest BCUT2D eigenvalue weighted by Crippen LogP contribution is 2.19. The predicted octanol–water partition coefficient (Wildman–Crippen LogP) is 2.28. The van der Waals surface area contributed by atoms with E-state index in [4.69, 9.17) is 5.73 Å². The molecular formula is C12H16N4. The van der Waals surface area contributed by atoms with Gasteiger partial charge >= 0.3 is 0 Å². The van der Waals surface area contributed by atoms with Crippen LogP contribution in [0.3, 0.4) is 0 Å². The molecule has 0 aliphatic heterocycles. The van der Waals surface area contributed by atoms with Crippen molar-refractivity contribution in [1.29, 1.82) is 0 Å². The lowest BCUT2D eigenvalue weighted by atomic mass is 10.0. The van der Waals surface area contributed by atoms with Crippen LogP contribution in [0.2, 0.25) is 0 Å². The Bertz CT molecular complexity index is 499. The summed E-state index contributed by atoms with van der Waals surface area (Å²) >= 11 is 0. The van der Waals surface area contributed by atoms with E-state index in [0.717, 1.165) is 11.4 Å². The van der Waals surface area contributed by atoms with Gasteiger partial charge in [0, 0.05) is 0 Å². The molecule has 0 spiro atoms. The van der Waals surface area contributed by atoms with Crippen molar-refractivity contribution in [3.8, 4) is 5.69 Å². The molecule has 1 aromatic heterocycles. The summed E-state index contributed by atoms with van der Waals surface area (Å²) in [5.41, 5.74) is 8.85. The lowest BCUT2D eigenvalue weighted by Gasteiger charge is -2.08. The molecule has 2 N–H and O–H groups in total. The smallest absolute Gasteiger partial charge is 0.169 e. The van der Waals surface area contributed by atoms with E-state index < -0.39 is 0 Å². The summed E-state index contributed by atoms with van der Waals surface area (Å²) in [7, 11) is 0. The summed E-state index contributed by atoms with van der Waals surface area (Å²) in [4.78, 5) is 0. The molecule has 0 radical (unpaired) electrons. The van der Waals surface area contributed by atoms with Crippen LogP contribution in [0, 0.1) is 6.92 Å². The van der Waals surface area contributed by atoms with Crippen molar-refractivity contribution in [2.24, 2.45) is 0 Å². The quantitative estimate of drug-likeness (QED) is 0.837. The van der Waals surface area contributed by atoms with Gasteiger partial charge in [0.15, 0.2) is 5.82 Å². The monoisotopic (exact) mass is 216 g/mol. The predicted molar refractivity (Wildman–Crippen MR) is 64.6 cm³/mol. The summed E-state index contributed by atoms with van der Waals surface area (Å²) in [6.07, 6.45) is 0. The number of nitrogen functional groups attached to an aromatic ring is 1. The van der Waals surface area contributed by atoms with E-state index >= 15 is 0 Å². The highest BCUT2D eigenvalue weighted by molar-refractivity contribution is 5.42. The SMILES string of the molecule is Cc1c(N)nnn1-c1cccc(C(C)C)c1. The number of nitrogens with zero attached hydrogens (tertiary/aromatic N) is 3. The van der Waals surface area contributed by atoms with Gasteiger partial charge in [0.05, 0.1) is 11.4 Å². The number of rotatable bonds is 2. The Labute approximate surface area is 95.1 Å². The Morgan fingerprint density at radius 2 is 2.06 bits per heavy atom. The zero-order valence-corrected chi connectivity index (χ0v) is 9.81. The Morgan fingerprint density at radius 3 is 2.62 bits per heavy atom. The van der Waals surface area contributed by atoms with E-state index in [-0.39, 0.29) is 0 Å². The van der Waals surface area contributed by atoms with Crippen molar-refractivity contribution in [2.75, 3.05) is 5.73 Å². The third-order valence-electron chi connectivity index (χ3n) is 2.71. The molecule has 0 bridgehead atoms. The van der Waals surface area contributed by atoms with Crippen molar-refractivity contribution in [3.05, 3.63) is 35.5 Å². The second-order valence-corrected chi connectivity index (χ2v) is 4.22. The van der Waals surface area contributed by atoms with E-state index in [1.54, 1.807) is 4.68 Å². The number of hydrogen-bond donors (Lipinski definition) is 1. The standard InChI is InChI=1S/C12H16N4/c1-8(2)10-5-4-6-11(7-10)16-9(3)12(13)14-15-16/h4-8H,13H2,1-3H3. The van der Waals surface area contributed by atoms with E-state index in [1.807, 2.05) is 19.1 Å². The Hall–Kier alpha value is -1.84. The number of benzene rings is 1. The van der Waals surface area contributed by atoms with Gasteiger partial charge in [-0.05, 0) is 30.5 Å². The van der Waals surface area contributed by atoms with Crippen LogP contribution in [-0.4, -0.2) is 15.0 Å². The fraction of sp³-hybridized carbons (Fsp3) is 0.333. The van der Waals surface area contributed by atoms with Crippen LogP contribution in [0.25, 0.3) is 5.69 Å². The normalized spacial score (nSPS) is 11.0. The molecule has 1 aromatic carbocycles. The molecule has 0 unspecified atom stereocenters. The van der Waals surface area contributed by atoms with E-state index in [0.29, 0.717) is 11.7 Å². The molecule has 1 heterocycles. The summed E-state index contributed by atoms with van der Waals surface area (Å²) in [5, 5.41) is 7.89. The van der Waals surface area contributed by atoms with Crippen LogP contribution >= 0.6 is 0 Å². The minimum atomic E-state index is 0.481. The van der Waals surface area contributed by atoms with Crippen LogP contribution in [0.4, 0.5) is 5.82 Å². The van der Waals surface area contributed by atoms with Crippen LogP contribution in [-0.2, 0) is 0 Å². The molecule has 4 nitrogen and oxygen atoms in total. The zero-order chi connectivity index (χ0) is 11.7. The first-order valence-corrected chi connectivity index (χ1v) is 5.37. The fourth-order valence-corrected chi connectivity index (χ4v) is 1.60. The van der Waals surface area contributed by atoms with Gasteiger partial charge in [-0.3, -0.25) is 0 Å². The van der Waals surface area contributed by atoms with Crippen LogP contribution in [0.5, 0.6) is 0 Å². The van der Waals surface area contributed by atoms with Crippen LogP contribution in [0.1, 0.15) is 31.0 Å². The van der Waals surface area contributed by atoms with Crippen LogP contribution in [0.15, 0.2) is 24.3 Å². The lowest BCUT2D eigenvalue weighted by molar-refractivity contribution is 0.779. The van der Waals surface area contributed by atoms with Gasteiger partial charge in [-0.25, -0.2) is 4.68 Å². The molecule has 2 rings (SSSR count). The minimum Gasteiger partial charge on any atom is -0.381 e. The Balaban J connectivity index is 2.48. The molecule has 16 heavy (non-hydrogen) atoms. The van der Waals surface area contributed by atoms with E-state index in [2.05, 4.69) is 36.3 Å². The van der Waals surface area contributed by atoms with Crippen molar-refractivity contribution < 1.29 is 0 Å². The van der Waals surface area contributed by atoms with Gasteiger partial charge in [0.2, 0.25) is 0 Å². The number of aromatic nitrogens is 3. The summed E-state index contributed by atoms with van der Waals surface area (Å²) < 4.78 is 1.77. The molecule has 0 fully saturated rings. The largest absolute Gasteiger partial charge is 0.381 e. The lowest BCUT2D eigenvalue weighted by Crippen LogP contribution is -2.01. The van der Waals surface area contributed by atoms with Crippen LogP contribution < -0.4 is 5.73 Å². The molecule has 2 aromatic rings. The molecular weight excluding hydrogens is 200 g/mol. The Kier molecular flexibility index (Phi) is 2.64. The van der Waals surface area contributed by atoms with Crippen molar-refractivity contribution in [1.82, 2.24) is 15.0 Å². The second kappa shape index (κ2) is 3.96. The van der Waals surface area contributed by atoms with Gasteiger partial charge in [-0.2, -0.15) is 0 Å². The Morgan fingerprint density at radius 1 is 1.31 bits per heavy atom. The molecule has 0 saturated heterocycles. The van der Waals surface area contributed by atoms with Crippen molar-refractivity contribution >= 4 is 5.82 Å². The highest BCUT2D eigenvalue weighted by atomic mass is 15.4. The average Bonchev–Trinajstić information content (AvgIpc) is 2.60. The third kappa shape index (κ3) is 1.78. The topological polar surface area (TPSA) is 56.7 Å². The molecule has 0 aliphatic carbocycles. The molecule has 0 saturated carbocycles. The average molecular weight is 216 g/mol. The van der Waals surface area contributed by atoms with Crippen molar-refractivity contribution in [2.45, 2.75) is 26.7 Å². The molecule has 0 aliphatic rings. The first kappa shape index (κ1) is 10.7. The van der Waals surface area contributed by atoms with E-state index in [9.17, 15) is 0 Å². The van der Waals surface area contributed by atoms with E-state index in [1.165, 1.54) is 5.56 Å². The first-order valence-electron chi connectivity index (χ1n) is 5.37.